The lowest BCUT2D eigenvalue weighted by atomic mass is 9.74. The standard InChI is InChI=1S/C18H21FN2O2/c1-18(2,23)14-5-3-12(4-6-14)17-20-9-13-7-11(10-22)8-15(19)16(13)21-17/h7-10,12,14,23H,3-6H2,1-2H3. The van der Waals surface area contributed by atoms with Gasteiger partial charge in [0, 0.05) is 23.1 Å². The Labute approximate surface area is 134 Å². The minimum Gasteiger partial charge on any atom is -0.390 e. The summed E-state index contributed by atoms with van der Waals surface area (Å²) in [7, 11) is 0. The molecule has 5 heteroatoms. The van der Waals surface area contributed by atoms with Crippen LogP contribution < -0.4 is 0 Å². The van der Waals surface area contributed by atoms with E-state index in [2.05, 4.69) is 9.97 Å². The number of halogens is 1. The Morgan fingerprint density at radius 1 is 1.26 bits per heavy atom. The van der Waals surface area contributed by atoms with E-state index in [1.54, 1.807) is 12.3 Å². The number of hydrogen-bond donors (Lipinski definition) is 1. The van der Waals surface area contributed by atoms with Gasteiger partial charge in [-0.3, -0.25) is 4.79 Å². The number of carbonyl (C=O) groups is 1. The van der Waals surface area contributed by atoms with E-state index in [4.69, 9.17) is 0 Å². The van der Waals surface area contributed by atoms with Crippen LogP contribution >= 0.6 is 0 Å². The monoisotopic (exact) mass is 316 g/mol. The number of aliphatic hydroxyl groups is 1. The summed E-state index contributed by atoms with van der Waals surface area (Å²) in [4.78, 5) is 19.6. The van der Waals surface area contributed by atoms with Gasteiger partial charge in [0.2, 0.25) is 0 Å². The number of hydrogen-bond acceptors (Lipinski definition) is 4. The van der Waals surface area contributed by atoms with Crippen LogP contribution in [0.3, 0.4) is 0 Å². The van der Waals surface area contributed by atoms with E-state index in [0.717, 1.165) is 25.7 Å². The molecule has 122 valence electrons. The molecule has 1 N–H and O–H groups in total. The summed E-state index contributed by atoms with van der Waals surface area (Å²) < 4.78 is 14.1. The van der Waals surface area contributed by atoms with Gasteiger partial charge in [0.05, 0.1) is 5.60 Å². The van der Waals surface area contributed by atoms with E-state index < -0.39 is 11.4 Å². The Bertz CT molecular complexity index is 732. The van der Waals surface area contributed by atoms with E-state index in [9.17, 15) is 14.3 Å². The van der Waals surface area contributed by atoms with Gasteiger partial charge < -0.3 is 5.11 Å². The molecule has 1 aromatic heterocycles. The predicted octanol–water partition coefficient (Wildman–Crippen LogP) is 3.63. The summed E-state index contributed by atoms with van der Waals surface area (Å²) in [5.41, 5.74) is -0.103. The summed E-state index contributed by atoms with van der Waals surface area (Å²) in [6, 6.07) is 2.80. The molecule has 4 nitrogen and oxygen atoms in total. The molecule has 0 spiro atoms. The van der Waals surface area contributed by atoms with Gasteiger partial charge in [0.25, 0.3) is 0 Å². The van der Waals surface area contributed by atoms with E-state index in [0.29, 0.717) is 17.5 Å². The number of aromatic nitrogens is 2. The number of rotatable bonds is 3. The summed E-state index contributed by atoms with van der Waals surface area (Å²) in [5.74, 6) is 0.650. The maximum absolute atomic E-state index is 14.1. The van der Waals surface area contributed by atoms with Gasteiger partial charge in [-0.15, -0.1) is 0 Å². The zero-order valence-electron chi connectivity index (χ0n) is 13.4. The lowest BCUT2D eigenvalue weighted by molar-refractivity contribution is -0.00189. The van der Waals surface area contributed by atoms with E-state index in [-0.39, 0.29) is 22.9 Å². The Balaban J connectivity index is 1.85. The van der Waals surface area contributed by atoms with Crippen LogP contribution in [0, 0.1) is 11.7 Å². The first-order valence-electron chi connectivity index (χ1n) is 8.02. The number of benzene rings is 1. The number of aldehydes is 1. The molecule has 0 amide bonds. The van der Waals surface area contributed by atoms with Crippen molar-refractivity contribution in [2.24, 2.45) is 5.92 Å². The third-order valence-corrected chi connectivity index (χ3v) is 4.90. The second-order valence-corrected chi connectivity index (χ2v) is 6.99. The minimum atomic E-state index is -0.660. The zero-order chi connectivity index (χ0) is 16.6. The molecule has 2 aromatic rings. The summed E-state index contributed by atoms with van der Waals surface area (Å²) >= 11 is 0. The van der Waals surface area contributed by atoms with Crippen LogP contribution in [0.2, 0.25) is 0 Å². The van der Waals surface area contributed by atoms with Crippen molar-refractivity contribution in [1.29, 1.82) is 0 Å². The molecule has 1 aliphatic rings. The number of carbonyl (C=O) groups excluding carboxylic acids is 1. The second kappa shape index (κ2) is 5.96. The van der Waals surface area contributed by atoms with Crippen LogP contribution in [0.25, 0.3) is 10.9 Å². The highest BCUT2D eigenvalue weighted by Gasteiger charge is 2.32. The highest BCUT2D eigenvalue weighted by molar-refractivity contribution is 5.86. The lowest BCUT2D eigenvalue weighted by Crippen LogP contribution is -2.33. The Hall–Kier alpha value is -1.88. The third kappa shape index (κ3) is 3.24. The van der Waals surface area contributed by atoms with Gasteiger partial charge in [-0.1, -0.05) is 0 Å². The summed E-state index contributed by atoms with van der Waals surface area (Å²) in [5, 5.41) is 10.7. The van der Waals surface area contributed by atoms with Crippen molar-refractivity contribution in [3.05, 3.63) is 35.5 Å². The SMILES string of the molecule is CC(C)(O)C1CCC(c2ncc3cc(C=O)cc(F)c3n2)CC1. The molecule has 1 saturated carbocycles. The molecule has 0 atom stereocenters. The minimum absolute atomic E-state index is 0.197. The van der Waals surface area contributed by atoms with Crippen molar-refractivity contribution in [3.63, 3.8) is 0 Å². The Morgan fingerprint density at radius 2 is 1.96 bits per heavy atom. The first kappa shape index (κ1) is 16.0. The van der Waals surface area contributed by atoms with Crippen molar-refractivity contribution in [2.45, 2.75) is 51.0 Å². The molecule has 0 unspecified atom stereocenters. The molecule has 1 aromatic carbocycles. The Morgan fingerprint density at radius 3 is 2.57 bits per heavy atom. The fourth-order valence-electron chi connectivity index (χ4n) is 3.46. The molecule has 1 aliphatic carbocycles. The quantitative estimate of drug-likeness (QED) is 0.878. The highest BCUT2D eigenvalue weighted by atomic mass is 19.1. The summed E-state index contributed by atoms with van der Waals surface area (Å²) in [6.45, 7) is 3.70. The van der Waals surface area contributed by atoms with Crippen molar-refractivity contribution in [2.75, 3.05) is 0 Å². The van der Waals surface area contributed by atoms with Crippen molar-refractivity contribution in [3.8, 4) is 0 Å². The molecule has 0 saturated heterocycles. The van der Waals surface area contributed by atoms with Gasteiger partial charge in [-0.25, -0.2) is 14.4 Å². The molecular weight excluding hydrogens is 295 g/mol. The summed E-state index contributed by atoms with van der Waals surface area (Å²) in [6.07, 6.45) is 5.84. The van der Waals surface area contributed by atoms with Crippen LogP contribution in [-0.2, 0) is 0 Å². The second-order valence-electron chi connectivity index (χ2n) is 6.99. The van der Waals surface area contributed by atoms with Gasteiger partial charge >= 0.3 is 0 Å². The molecule has 0 radical (unpaired) electrons. The normalized spacial score (nSPS) is 22.3. The molecule has 1 heterocycles. The lowest BCUT2D eigenvalue weighted by Gasteiger charge is -2.35. The fourth-order valence-corrected chi connectivity index (χ4v) is 3.46. The smallest absolute Gasteiger partial charge is 0.150 e. The van der Waals surface area contributed by atoms with Crippen LogP contribution in [-0.4, -0.2) is 27.0 Å². The first-order chi connectivity index (χ1) is 10.9. The third-order valence-electron chi connectivity index (χ3n) is 4.90. The number of nitrogens with zero attached hydrogens (tertiary/aromatic N) is 2. The molecule has 0 aliphatic heterocycles. The van der Waals surface area contributed by atoms with Crippen molar-refractivity contribution in [1.82, 2.24) is 9.97 Å². The average molecular weight is 316 g/mol. The van der Waals surface area contributed by atoms with Crippen LogP contribution in [0.15, 0.2) is 18.3 Å². The van der Waals surface area contributed by atoms with E-state index in [1.807, 2.05) is 13.8 Å². The number of fused-ring (bicyclic) bond motifs is 1. The van der Waals surface area contributed by atoms with Crippen molar-refractivity contribution >= 4 is 17.2 Å². The van der Waals surface area contributed by atoms with Crippen LogP contribution in [0.4, 0.5) is 4.39 Å². The van der Waals surface area contributed by atoms with Crippen molar-refractivity contribution < 1.29 is 14.3 Å². The highest BCUT2D eigenvalue weighted by Crippen LogP contribution is 2.39. The van der Waals surface area contributed by atoms with Gasteiger partial charge in [-0.2, -0.15) is 0 Å². The van der Waals surface area contributed by atoms with E-state index in [1.165, 1.54) is 6.07 Å². The molecule has 3 rings (SSSR count). The van der Waals surface area contributed by atoms with Crippen LogP contribution in [0.1, 0.15) is 61.6 Å². The van der Waals surface area contributed by atoms with Gasteiger partial charge in [-0.05, 0) is 57.6 Å². The van der Waals surface area contributed by atoms with E-state index >= 15 is 0 Å². The van der Waals surface area contributed by atoms with Gasteiger partial charge in [0.1, 0.15) is 23.4 Å². The van der Waals surface area contributed by atoms with Crippen LogP contribution in [0.5, 0.6) is 0 Å². The average Bonchev–Trinajstić information content (AvgIpc) is 2.53. The Kier molecular flexibility index (Phi) is 4.15. The molecule has 0 bridgehead atoms. The zero-order valence-corrected chi connectivity index (χ0v) is 13.4. The molecule has 1 fully saturated rings. The fraction of sp³-hybridized carbons (Fsp3) is 0.500. The maximum atomic E-state index is 14.1. The predicted molar refractivity (Wildman–Crippen MR) is 85.9 cm³/mol. The topological polar surface area (TPSA) is 63.1 Å². The molecule has 23 heavy (non-hydrogen) atoms. The van der Waals surface area contributed by atoms with Gasteiger partial charge in [0.15, 0.2) is 0 Å². The molecular formula is C18H21FN2O2. The maximum Gasteiger partial charge on any atom is 0.150 e. The largest absolute Gasteiger partial charge is 0.390 e. The first-order valence-corrected chi connectivity index (χ1v) is 8.02.